The molecule has 6 rings (SSSR count). The Kier molecular flexibility index (Phi) is 7.37. The lowest BCUT2D eigenvalue weighted by atomic mass is 9.95. The highest BCUT2D eigenvalue weighted by molar-refractivity contribution is 6.00. The van der Waals surface area contributed by atoms with E-state index in [-0.39, 0.29) is 30.0 Å². The molecule has 0 atom stereocenters. The van der Waals surface area contributed by atoms with Gasteiger partial charge in [-0.05, 0) is 49.2 Å². The number of benzene rings is 2. The number of nitrogens with zero attached hydrogens (tertiary/aromatic N) is 7. The first-order chi connectivity index (χ1) is 19.8. The lowest BCUT2D eigenvalue weighted by Gasteiger charge is -2.33. The molecular formula is C30H33F2N7O2. The van der Waals surface area contributed by atoms with E-state index in [9.17, 15) is 4.79 Å². The number of halogens is 2. The van der Waals surface area contributed by atoms with Gasteiger partial charge in [-0.3, -0.25) is 9.69 Å². The summed E-state index contributed by atoms with van der Waals surface area (Å²) in [6.07, 6.45) is 3.08. The standard InChI is InChI=1S/C30H33F2N7O2/c1-4-37-11-12-39(26(40)16-37)25-6-5-20(13-24(25)32)22-14-21(31)15-23-27(22)33-17-34-29(23)38-9-7-19(8-10-38)28-35-30(18(2)3)41-36-28/h5-6,13-15,17-19H,4,7-12,16H2,1-3H3. The zero-order chi connectivity index (χ0) is 28.7. The summed E-state index contributed by atoms with van der Waals surface area (Å²) in [5.74, 6) is 1.25. The molecule has 0 bridgehead atoms. The molecule has 0 radical (unpaired) electrons. The third-order valence-electron chi connectivity index (χ3n) is 8.09. The van der Waals surface area contributed by atoms with E-state index in [2.05, 4.69) is 25.0 Å². The molecule has 0 unspecified atom stereocenters. The van der Waals surface area contributed by atoms with Crippen molar-refractivity contribution >= 4 is 28.3 Å². The van der Waals surface area contributed by atoms with E-state index in [0.717, 1.165) is 25.2 Å². The van der Waals surface area contributed by atoms with Crippen LogP contribution in [0, 0.1) is 11.6 Å². The highest BCUT2D eigenvalue weighted by Crippen LogP contribution is 2.37. The normalized spacial score (nSPS) is 17.3. The third-order valence-corrected chi connectivity index (χ3v) is 8.09. The quantitative estimate of drug-likeness (QED) is 0.320. The van der Waals surface area contributed by atoms with Crippen molar-refractivity contribution < 1.29 is 18.1 Å². The van der Waals surface area contributed by atoms with E-state index in [1.165, 1.54) is 29.4 Å². The molecule has 2 aromatic carbocycles. The fourth-order valence-corrected chi connectivity index (χ4v) is 5.73. The molecule has 2 fully saturated rings. The number of piperazine rings is 1. The van der Waals surface area contributed by atoms with E-state index in [1.54, 1.807) is 12.1 Å². The van der Waals surface area contributed by atoms with Crippen molar-refractivity contribution in [1.29, 1.82) is 0 Å². The molecule has 41 heavy (non-hydrogen) atoms. The molecule has 4 aromatic rings. The van der Waals surface area contributed by atoms with Gasteiger partial charge in [0, 0.05) is 49.0 Å². The Hall–Kier alpha value is -3.99. The summed E-state index contributed by atoms with van der Waals surface area (Å²) in [5.41, 5.74) is 1.73. The summed E-state index contributed by atoms with van der Waals surface area (Å²) < 4.78 is 35.8. The van der Waals surface area contributed by atoms with Gasteiger partial charge < -0.3 is 14.3 Å². The Morgan fingerprint density at radius 3 is 2.54 bits per heavy atom. The van der Waals surface area contributed by atoms with Crippen LogP contribution in [0.5, 0.6) is 0 Å². The van der Waals surface area contributed by atoms with Crippen LogP contribution in [0.2, 0.25) is 0 Å². The average Bonchev–Trinajstić information content (AvgIpc) is 3.48. The van der Waals surface area contributed by atoms with E-state index >= 15 is 8.78 Å². The van der Waals surface area contributed by atoms with Crippen LogP contribution in [0.25, 0.3) is 22.0 Å². The highest BCUT2D eigenvalue weighted by Gasteiger charge is 2.28. The number of carbonyl (C=O) groups is 1. The van der Waals surface area contributed by atoms with Crippen molar-refractivity contribution in [3.05, 3.63) is 60.0 Å². The van der Waals surface area contributed by atoms with E-state index < -0.39 is 11.6 Å². The predicted molar refractivity (Wildman–Crippen MR) is 152 cm³/mol. The Bertz CT molecular complexity index is 1580. The largest absolute Gasteiger partial charge is 0.356 e. The molecule has 9 nitrogen and oxygen atoms in total. The van der Waals surface area contributed by atoms with Crippen molar-refractivity contribution in [3.8, 4) is 11.1 Å². The van der Waals surface area contributed by atoms with Gasteiger partial charge in [-0.1, -0.05) is 32.0 Å². The van der Waals surface area contributed by atoms with Crippen molar-refractivity contribution in [2.24, 2.45) is 0 Å². The fourth-order valence-electron chi connectivity index (χ4n) is 5.73. The van der Waals surface area contributed by atoms with Crippen molar-refractivity contribution in [2.45, 2.75) is 45.4 Å². The maximum atomic E-state index is 15.4. The van der Waals surface area contributed by atoms with Gasteiger partial charge in [-0.25, -0.2) is 18.7 Å². The van der Waals surface area contributed by atoms with Gasteiger partial charge in [0.1, 0.15) is 23.8 Å². The lowest BCUT2D eigenvalue weighted by molar-refractivity contribution is -0.121. The Labute approximate surface area is 237 Å². The van der Waals surface area contributed by atoms with Gasteiger partial charge >= 0.3 is 0 Å². The minimum absolute atomic E-state index is 0.137. The fraction of sp³-hybridized carbons (Fsp3) is 0.433. The molecular weight excluding hydrogens is 528 g/mol. The van der Waals surface area contributed by atoms with Gasteiger partial charge in [-0.2, -0.15) is 4.98 Å². The van der Waals surface area contributed by atoms with Crippen molar-refractivity contribution in [3.63, 3.8) is 0 Å². The van der Waals surface area contributed by atoms with Crippen LogP contribution < -0.4 is 9.80 Å². The molecule has 11 heteroatoms. The number of aromatic nitrogens is 4. The van der Waals surface area contributed by atoms with Gasteiger partial charge in [0.2, 0.25) is 11.8 Å². The summed E-state index contributed by atoms with van der Waals surface area (Å²) in [4.78, 5) is 31.8. The molecule has 0 N–H and O–H groups in total. The van der Waals surface area contributed by atoms with Gasteiger partial charge in [0.05, 0.1) is 17.7 Å². The van der Waals surface area contributed by atoms with Crippen LogP contribution >= 0.6 is 0 Å². The molecule has 2 aromatic heterocycles. The molecule has 0 spiro atoms. The van der Waals surface area contributed by atoms with Gasteiger partial charge in [-0.15, -0.1) is 0 Å². The molecule has 214 valence electrons. The number of rotatable bonds is 6. The zero-order valence-electron chi connectivity index (χ0n) is 23.5. The third kappa shape index (κ3) is 5.26. The van der Waals surface area contributed by atoms with Crippen LogP contribution in [0.3, 0.4) is 0 Å². The lowest BCUT2D eigenvalue weighted by Crippen LogP contribution is -2.50. The van der Waals surface area contributed by atoms with Gasteiger partial charge in [0.25, 0.3) is 0 Å². The number of anilines is 2. The van der Waals surface area contributed by atoms with E-state index in [1.807, 2.05) is 25.7 Å². The van der Waals surface area contributed by atoms with E-state index in [4.69, 9.17) is 4.52 Å². The summed E-state index contributed by atoms with van der Waals surface area (Å²) in [6.45, 7) is 9.56. The zero-order valence-corrected chi connectivity index (χ0v) is 23.5. The minimum atomic E-state index is -0.531. The Morgan fingerprint density at radius 1 is 1.05 bits per heavy atom. The summed E-state index contributed by atoms with van der Waals surface area (Å²) >= 11 is 0. The van der Waals surface area contributed by atoms with E-state index in [0.29, 0.717) is 59.9 Å². The maximum Gasteiger partial charge on any atom is 0.241 e. The second-order valence-corrected chi connectivity index (χ2v) is 11.0. The molecule has 2 saturated heterocycles. The Balaban J connectivity index is 1.27. The second kappa shape index (κ2) is 11.1. The number of hydrogen-bond acceptors (Lipinski definition) is 8. The van der Waals surface area contributed by atoms with Crippen LogP contribution in [-0.2, 0) is 4.79 Å². The van der Waals surface area contributed by atoms with Gasteiger partial charge in [0.15, 0.2) is 5.82 Å². The molecule has 2 aliphatic rings. The van der Waals surface area contributed by atoms with Crippen LogP contribution in [0.15, 0.2) is 41.2 Å². The summed E-state index contributed by atoms with van der Waals surface area (Å²) in [7, 11) is 0. The number of hydrogen-bond donors (Lipinski definition) is 0. The average molecular weight is 562 g/mol. The first kappa shape index (κ1) is 27.2. The number of carbonyl (C=O) groups excluding carboxylic acids is 1. The predicted octanol–water partition coefficient (Wildman–Crippen LogP) is 5.13. The summed E-state index contributed by atoms with van der Waals surface area (Å²) in [5, 5.41) is 4.75. The monoisotopic (exact) mass is 561 g/mol. The second-order valence-electron chi connectivity index (χ2n) is 11.0. The van der Waals surface area contributed by atoms with Crippen molar-refractivity contribution in [1.82, 2.24) is 25.0 Å². The SMILES string of the molecule is CCN1CCN(c2ccc(-c3cc(F)cc4c(N5CCC(c6noc(C(C)C)n6)CC5)ncnc34)cc2F)C(=O)C1. The van der Waals surface area contributed by atoms with Crippen LogP contribution in [0.1, 0.15) is 57.2 Å². The number of piperidine rings is 1. The number of amides is 1. The maximum absolute atomic E-state index is 15.4. The smallest absolute Gasteiger partial charge is 0.241 e. The number of likely N-dealkylation sites (N-methyl/N-ethyl adjacent to an activating group) is 1. The molecule has 0 saturated carbocycles. The molecule has 1 amide bonds. The van der Waals surface area contributed by atoms with Crippen LogP contribution in [0.4, 0.5) is 20.3 Å². The van der Waals surface area contributed by atoms with Crippen molar-refractivity contribution in [2.75, 3.05) is 49.1 Å². The molecule has 0 aliphatic carbocycles. The first-order valence-corrected chi connectivity index (χ1v) is 14.2. The topological polar surface area (TPSA) is 91.5 Å². The first-order valence-electron chi connectivity index (χ1n) is 14.2. The minimum Gasteiger partial charge on any atom is -0.356 e. The number of fused-ring (bicyclic) bond motifs is 1. The van der Waals surface area contributed by atoms with Crippen LogP contribution in [-0.4, -0.2) is 70.2 Å². The highest BCUT2D eigenvalue weighted by atomic mass is 19.1. The summed E-state index contributed by atoms with van der Waals surface area (Å²) in [6, 6.07) is 7.47. The Morgan fingerprint density at radius 2 is 1.85 bits per heavy atom. The molecule has 2 aliphatic heterocycles. The molecule has 4 heterocycles.